The summed E-state index contributed by atoms with van der Waals surface area (Å²) < 4.78 is 1.73. The largest absolute Gasteiger partial charge is 0.301 e. The van der Waals surface area contributed by atoms with Gasteiger partial charge in [-0.2, -0.15) is 5.10 Å². The lowest BCUT2D eigenvalue weighted by atomic mass is 10.2. The zero-order chi connectivity index (χ0) is 13.3. The molecule has 5 nitrogen and oxygen atoms in total. The Morgan fingerprint density at radius 2 is 1.89 bits per heavy atom. The molecule has 2 rings (SSSR count). The van der Waals surface area contributed by atoms with E-state index >= 15 is 0 Å². The molecule has 0 aliphatic heterocycles. The summed E-state index contributed by atoms with van der Waals surface area (Å²) in [6.45, 7) is 2.06. The highest BCUT2D eigenvalue weighted by Gasteiger charge is 2.22. The zero-order valence-electron chi connectivity index (χ0n) is 10.9. The minimum Gasteiger partial charge on any atom is -0.301 e. The predicted molar refractivity (Wildman–Crippen MR) is 71.3 cm³/mol. The average molecular weight is 266 g/mol. The van der Waals surface area contributed by atoms with Crippen molar-refractivity contribution in [3.05, 3.63) is 29.2 Å². The number of aromatic nitrogens is 4. The van der Waals surface area contributed by atoms with Crippen LogP contribution in [0.25, 0.3) is 11.5 Å². The van der Waals surface area contributed by atoms with E-state index in [0.717, 1.165) is 11.4 Å². The summed E-state index contributed by atoms with van der Waals surface area (Å²) in [6, 6.07) is 1.91. The van der Waals surface area contributed by atoms with Crippen molar-refractivity contribution >= 4 is 11.6 Å². The normalized spacial score (nSPS) is 13.0. The molecule has 0 amide bonds. The summed E-state index contributed by atoms with van der Waals surface area (Å²) in [5.41, 5.74) is 1.59. The third-order valence-corrected chi connectivity index (χ3v) is 3.33. The molecular formula is C12H16ClN5. The molecule has 0 spiro atoms. The molecule has 0 bridgehead atoms. The van der Waals surface area contributed by atoms with Crippen LogP contribution in [0, 0.1) is 0 Å². The van der Waals surface area contributed by atoms with Gasteiger partial charge in [-0.1, -0.05) is 11.6 Å². The van der Waals surface area contributed by atoms with Crippen molar-refractivity contribution in [2.75, 3.05) is 14.1 Å². The fourth-order valence-corrected chi connectivity index (χ4v) is 2.10. The highest BCUT2D eigenvalue weighted by atomic mass is 35.5. The van der Waals surface area contributed by atoms with Gasteiger partial charge in [-0.15, -0.1) is 0 Å². The quantitative estimate of drug-likeness (QED) is 0.853. The van der Waals surface area contributed by atoms with E-state index in [9.17, 15) is 0 Å². The first-order valence-electron chi connectivity index (χ1n) is 5.68. The van der Waals surface area contributed by atoms with Crippen molar-refractivity contribution < 1.29 is 0 Å². The molecule has 2 aromatic heterocycles. The Kier molecular flexibility index (Phi) is 3.63. The topological polar surface area (TPSA) is 46.8 Å². The van der Waals surface area contributed by atoms with Crippen molar-refractivity contribution in [1.29, 1.82) is 0 Å². The predicted octanol–water partition coefficient (Wildman–Crippen LogP) is 2.15. The minimum absolute atomic E-state index is 0.140. The van der Waals surface area contributed by atoms with Gasteiger partial charge in [0.15, 0.2) is 5.82 Å². The molecule has 0 aliphatic carbocycles. The van der Waals surface area contributed by atoms with Gasteiger partial charge in [-0.05, 0) is 27.1 Å². The molecule has 0 saturated carbocycles. The SMILES string of the molecule is CC(c1nn(C)c(-c2ncccn2)c1Cl)N(C)C. The van der Waals surface area contributed by atoms with Gasteiger partial charge in [0.05, 0.1) is 16.8 Å². The first kappa shape index (κ1) is 13.0. The van der Waals surface area contributed by atoms with Gasteiger partial charge in [-0.3, -0.25) is 4.68 Å². The standard InChI is InChI=1S/C12H16ClN5/c1-8(17(2)3)10-9(13)11(18(4)16-10)12-14-6-5-7-15-12/h5-8H,1-4H3. The Morgan fingerprint density at radius 1 is 1.28 bits per heavy atom. The number of aryl methyl sites for hydroxylation is 1. The Morgan fingerprint density at radius 3 is 2.44 bits per heavy atom. The fourth-order valence-electron chi connectivity index (χ4n) is 1.69. The van der Waals surface area contributed by atoms with E-state index in [0.29, 0.717) is 10.8 Å². The van der Waals surface area contributed by atoms with E-state index in [1.54, 1.807) is 23.1 Å². The second-order valence-electron chi connectivity index (χ2n) is 4.38. The van der Waals surface area contributed by atoms with Crippen LogP contribution in [0.3, 0.4) is 0 Å². The maximum atomic E-state index is 6.41. The summed E-state index contributed by atoms with van der Waals surface area (Å²) >= 11 is 6.41. The molecule has 6 heteroatoms. The second kappa shape index (κ2) is 5.04. The molecule has 0 N–H and O–H groups in total. The average Bonchev–Trinajstić information content (AvgIpc) is 2.65. The van der Waals surface area contributed by atoms with Crippen molar-refractivity contribution in [1.82, 2.24) is 24.6 Å². The second-order valence-corrected chi connectivity index (χ2v) is 4.76. The zero-order valence-corrected chi connectivity index (χ0v) is 11.7. The van der Waals surface area contributed by atoms with Gasteiger partial charge in [0.25, 0.3) is 0 Å². The van der Waals surface area contributed by atoms with E-state index in [1.807, 2.05) is 21.1 Å². The Bertz CT molecular complexity index is 535. The molecule has 18 heavy (non-hydrogen) atoms. The van der Waals surface area contributed by atoms with Crippen molar-refractivity contribution in [2.45, 2.75) is 13.0 Å². The van der Waals surface area contributed by atoms with E-state index in [4.69, 9.17) is 11.6 Å². The van der Waals surface area contributed by atoms with Crippen LogP contribution >= 0.6 is 11.6 Å². The van der Waals surface area contributed by atoms with E-state index < -0.39 is 0 Å². The van der Waals surface area contributed by atoms with Crippen LogP contribution in [-0.2, 0) is 7.05 Å². The third kappa shape index (κ3) is 2.23. The lowest BCUT2D eigenvalue weighted by Gasteiger charge is -2.17. The molecule has 0 radical (unpaired) electrons. The highest BCUT2D eigenvalue weighted by Crippen LogP contribution is 2.32. The fraction of sp³-hybridized carbons (Fsp3) is 0.417. The van der Waals surface area contributed by atoms with Crippen LogP contribution < -0.4 is 0 Å². The summed E-state index contributed by atoms with van der Waals surface area (Å²) in [7, 11) is 5.84. The van der Waals surface area contributed by atoms with Gasteiger partial charge in [-0.25, -0.2) is 9.97 Å². The number of hydrogen-bond donors (Lipinski definition) is 0. The lowest BCUT2D eigenvalue weighted by molar-refractivity contribution is 0.313. The highest BCUT2D eigenvalue weighted by molar-refractivity contribution is 6.33. The van der Waals surface area contributed by atoms with Gasteiger partial charge in [0.2, 0.25) is 0 Å². The Balaban J connectivity index is 2.51. The van der Waals surface area contributed by atoms with Crippen molar-refractivity contribution in [2.24, 2.45) is 7.05 Å². The summed E-state index contributed by atoms with van der Waals surface area (Å²) in [6.07, 6.45) is 3.39. The lowest BCUT2D eigenvalue weighted by Crippen LogP contribution is -2.17. The molecule has 0 saturated heterocycles. The van der Waals surface area contributed by atoms with E-state index in [1.165, 1.54) is 0 Å². The minimum atomic E-state index is 0.140. The van der Waals surface area contributed by atoms with Crippen LogP contribution in [0.1, 0.15) is 18.7 Å². The number of rotatable bonds is 3. The van der Waals surface area contributed by atoms with Crippen LogP contribution in [0.2, 0.25) is 5.02 Å². The maximum Gasteiger partial charge on any atom is 0.179 e. The molecule has 0 aromatic carbocycles. The number of halogens is 1. The van der Waals surface area contributed by atoms with Crippen molar-refractivity contribution in [3.8, 4) is 11.5 Å². The molecule has 1 unspecified atom stereocenters. The van der Waals surface area contributed by atoms with E-state index in [2.05, 4.69) is 26.9 Å². The van der Waals surface area contributed by atoms with Gasteiger partial charge in [0, 0.05) is 19.4 Å². The maximum absolute atomic E-state index is 6.41. The first-order valence-corrected chi connectivity index (χ1v) is 6.06. The number of hydrogen-bond acceptors (Lipinski definition) is 4. The third-order valence-electron chi connectivity index (χ3n) is 2.96. The summed E-state index contributed by atoms with van der Waals surface area (Å²) in [4.78, 5) is 10.5. The molecule has 2 aromatic rings. The molecule has 96 valence electrons. The molecule has 0 fully saturated rings. The van der Waals surface area contributed by atoms with E-state index in [-0.39, 0.29) is 6.04 Å². The first-order chi connectivity index (χ1) is 8.52. The van der Waals surface area contributed by atoms with Crippen LogP contribution in [0.15, 0.2) is 18.5 Å². The van der Waals surface area contributed by atoms with Crippen LogP contribution in [0.5, 0.6) is 0 Å². The molecule has 1 atom stereocenters. The summed E-state index contributed by atoms with van der Waals surface area (Å²) in [5, 5.41) is 5.09. The molecule has 0 aliphatic rings. The Labute approximate surface area is 111 Å². The van der Waals surface area contributed by atoms with Gasteiger partial charge in [0.1, 0.15) is 5.69 Å². The van der Waals surface area contributed by atoms with Crippen LogP contribution in [-0.4, -0.2) is 38.7 Å². The smallest absolute Gasteiger partial charge is 0.179 e. The molecule has 2 heterocycles. The Hall–Kier alpha value is -1.46. The van der Waals surface area contributed by atoms with Crippen LogP contribution in [0.4, 0.5) is 0 Å². The molecular weight excluding hydrogens is 250 g/mol. The van der Waals surface area contributed by atoms with Crippen molar-refractivity contribution in [3.63, 3.8) is 0 Å². The van der Waals surface area contributed by atoms with Gasteiger partial charge >= 0.3 is 0 Å². The monoisotopic (exact) mass is 265 g/mol. The van der Waals surface area contributed by atoms with Gasteiger partial charge < -0.3 is 4.90 Å². The summed E-state index contributed by atoms with van der Waals surface area (Å²) in [5.74, 6) is 0.592. The number of nitrogens with zero attached hydrogens (tertiary/aromatic N) is 5.